The zero-order chi connectivity index (χ0) is 13.1. The second-order valence-electron chi connectivity index (χ2n) is 3.95. The molecule has 2 nitrogen and oxygen atoms in total. The van der Waals surface area contributed by atoms with E-state index in [9.17, 15) is 9.18 Å². The number of carbonyl (C=O) groups is 1. The molecule has 0 aromatic heterocycles. The summed E-state index contributed by atoms with van der Waals surface area (Å²) in [5, 5.41) is 2.55. The molecular formula is C14H11BrFNO. The van der Waals surface area contributed by atoms with Crippen molar-refractivity contribution in [1.29, 1.82) is 0 Å². The summed E-state index contributed by atoms with van der Waals surface area (Å²) in [4.78, 5) is 11.9. The Morgan fingerprint density at radius 2 is 2.00 bits per heavy atom. The van der Waals surface area contributed by atoms with Gasteiger partial charge in [0.15, 0.2) is 0 Å². The number of nitrogens with one attached hydrogen (secondary N) is 1. The minimum atomic E-state index is -0.432. The summed E-state index contributed by atoms with van der Waals surface area (Å²) in [6, 6.07) is 11.6. The van der Waals surface area contributed by atoms with Crippen molar-refractivity contribution in [2.45, 2.75) is 6.92 Å². The van der Waals surface area contributed by atoms with Crippen LogP contribution in [0.4, 0.5) is 10.1 Å². The maximum absolute atomic E-state index is 13.6. The first-order chi connectivity index (χ1) is 8.56. The number of aryl methyl sites for hydroxylation is 1. The maximum atomic E-state index is 13.6. The van der Waals surface area contributed by atoms with E-state index in [-0.39, 0.29) is 11.6 Å². The monoisotopic (exact) mass is 307 g/mol. The largest absolute Gasteiger partial charge is 0.319 e. The number of hydrogen-bond donors (Lipinski definition) is 1. The van der Waals surface area contributed by atoms with Gasteiger partial charge in [-0.25, -0.2) is 4.39 Å². The van der Waals surface area contributed by atoms with Crippen LogP contribution in [-0.2, 0) is 0 Å². The van der Waals surface area contributed by atoms with Crippen molar-refractivity contribution < 1.29 is 9.18 Å². The SMILES string of the molecule is Cc1ccc(NC(=O)c2cccc(Br)c2)c(F)c1. The Morgan fingerprint density at radius 1 is 1.22 bits per heavy atom. The van der Waals surface area contributed by atoms with Crippen molar-refractivity contribution in [3.8, 4) is 0 Å². The van der Waals surface area contributed by atoms with Gasteiger partial charge in [-0.2, -0.15) is 0 Å². The highest BCUT2D eigenvalue weighted by atomic mass is 79.9. The quantitative estimate of drug-likeness (QED) is 0.887. The van der Waals surface area contributed by atoms with Crippen molar-refractivity contribution in [2.24, 2.45) is 0 Å². The predicted octanol–water partition coefficient (Wildman–Crippen LogP) is 4.15. The Balaban J connectivity index is 2.21. The average Bonchev–Trinajstić information content (AvgIpc) is 2.32. The minimum Gasteiger partial charge on any atom is -0.319 e. The van der Waals surface area contributed by atoms with Gasteiger partial charge in [-0.3, -0.25) is 4.79 Å². The summed E-state index contributed by atoms with van der Waals surface area (Å²) in [7, 11) is 0. The van der Waals surface area contributed by atoms with Crippen molar-refractivity contribution in [3.63, 3.8) is 0 Å². The van der Waals surface area contributed by atoms with Gasteiger partial charge in [-0.15, -0.1) is 0 Å². The first kappa shape index (κ1) is 12.8. The molecule has 18 heavy (non-hydrogen) atoms. The van der Waals surface area contributed by atoms with Gasteiger partial charge >= 0.3 is 0 Å². The van der Waals surface area contributed by atoms with E-state index in [2.05, 4.69) is 21.2 Å². The third-order valence-electron chi connectivity index (χ3n) is 2.46. The maximum Gasteiger partial charge on any atom is 0.255 e. The molecule has 2 aromatic rings. The fourth-order valence-corrected chi connectivity index (χ4v) is 1.94. The van der Waals surface area contributed by atoms with E-state index in [1.165, 1.54) is 6.07 Å². The Hall–Kier alpha value is -1.68. The van der Waals surface area contributed by atoms with E-state index in [1.807, 2.05) is 6.07 Å². The van der Waals surface area contributed by atoms with Crippen molar-refractivity contribution >= 4 is 27.5 Å². The number of benzene rings is 2. The molecule has 2 aromatic carbocycles. The summed E-state index contributed by atoms with van der Waals surface area (Å²) in [6.45, 7) is 1.79. The molecule has 0 unspecified atom stereocenters. The zero-order valence-corrected chi connectivity index (χ0v) is 11.3. The van der Waals surface area contributed by atoms with Crippen LogP contribution < -0.4 is 5.32 Å². The van der Waals surface area contributed by atoms with Gasteiger partial charge in [0.1, 0.15) is 5.82 Å². The number of carbonyl (C=O) groups excluding carboxylic acids is 1. The van der Waals surface area contributed by atoms with Gasteiger partial charge < -0.3 is 5.32 Å². The average molecular weight is 308 g/mol. The topological polar surface area (TPSA) is 29.1 Å². The Morgan fingerprint density at radius 3 is 2.67 bits per heavy atom. The van der Waals surface area contributed by atoms with Gasteiger partial charge in [0.25, 0.3) is 5.91 Å². The van der Waals surface area contributed by atoms with Crippen LogP contribution in [-0.4, -0.2) is 5.91 Å². The third kappa shape index (κ3) is 2.96. The van der Waals surface area contributed by atoms with E-state index in [4.69, 9.17) is 0 Å². The molecule has 0 aliphatic carbocycles. The normalized spacial score (nSPS) is 10.2. The molecule has 0 aliphatic heterocycles. The summed E-state index contributed by atoms with van der Waals surface area (Å²) in [5.74, 6) is -0.766. The standard InChI is InChI=1S/C14H11BrFNO/c1-9-5-6-13(12(16)7-9)17-14(18)10-3-2-4-11(15)8-10/h2-8H,1H3,(H,17,18). The highest BCUT2D eigenvalue weighted by molar-refractivity contribution is 9.10. The van der Waals surface area contributed by atoms with Gasteiger partial charge in [0.05, 0.1) is 5.69 Å². The molecule has 0 atom stereocenters. The van der Waals surface area contributed by atoms with E-state index >= 15 is 0 Å². The molecule has 0 heterocycles. The van der Waals surface area contributed by atoms with Crippen LogP contribution >= 0.6 is 15.9 Å². The summed E-state index contributed by atoms with van der Waals surface area (Å²) < 4.78 is 14.4. The second kappa shape index (κ2) is 5.31. The highest BCUT2D eigenvalue weighted by Crippen LogP contribution is 2.17. The zero-order valence-electron chi connectivity index (χ0n) is 9.71. The van der Waals surface area contributed by atoms with Crippen molar-refractivity contribution in [2.75, 3.05) is 5.32 Å². The highest BCUT2D eigenvalue weighted by Gasteiger charge is 2.09. The van der Waals surface area contributed by atoms with E-state index in [1.54, 1.807) is 37.3 Å². The van der Waals surface area contributed by atoms with Crippen LogP contribution in [0.3, 0.4) is 0 Å². The third-order valence-corrected chi connectivity index (χ3v) is 2.95. The number of halogens is 2. The van der Waals surface area contributed by atoms with Crippen LogP contribution in [0, 0.1) is 12.7 Å². The lowest BCUT2D eigenvalue weighted by molar-refractivity contribution is 0.102. The van der Waals surface area contributed by atoms with Gasteiger partial charge in [0.2, 0.25) is 0 Å². The number of amides is 1. The fourth-order valence-electron chi connectivity index (χ4n) is 1.55. The molecule has 0 saturated carbocycles. The van der Waals surface area contributed by atoms with Crippen LogP contribution in [0.2, 0.25) is 0 Å². The first-order valence-corrected chi connectivity index (χ1v) is 6.18. The van der Waals surface area contributed by atoms with Gasteiger partial charge in [-0.1, -0.05) is 28.1 Å². The summed E-state index contributed by atoms with van der Waals surface area (Å²) in [6.07, 6.45) is 0. The molecule has 0 saturated heterocycles. The molecule has 0 aliphatic rings. The molecule has 4 heteroatoms. The lowest BCUT2D eigenvalue weighted by atomic mass is 10.2. The van der Waals surface area contributed by atoms with E-state index < -0.39 is 5.82 Å². The molecule has 1 N–H and O–H groups in total. The molecule has 0 fully saturated rings. The lowest BCUT2D eigenvalue weighted by Crippen LogP contribution is -2.12. The second-order valence-corrected chi connectivity index (χ2v) is 4.86. The molecule has 0 bridgehead atoms. The fraction of sp³-hybridized carbons (Fsp3) is 0.0714. The lowest BCUT2D eigenvalue weighted by Gasteiger charge is -2.07. The van der Waals surface area contributed by atoms with Gasteiger partial charge in [-0.05, 0) is 42.8 Å². The molecular weight excluding hydrogens is 297 g/mol. The van der Waals surface area contributed by atoms with Crippen molar-refractivity contribution in [3.05, 3.63) is 63.9 Å². The van der Waals surface area contributed by atoms with E-state index in [0.29, 0.717) is 5.56 Å². The molecule has 0 spiro atoms. The van der Waals surface area contributed by atoms with Crippen LogP contribution in [0.15, 0.2) is 46.9 Å². The number of hydrogen-bond acceptors (Lipinski definition) is 1. The smallest absolute Gasteiger partial charge is 0.255 e. The molecule has 2 rings (SSSR count). The minimum absolute atomic E-state index is 0.186. The Kier molecular flexibility index (Phi) is 3.77. The predicted molar refractivity (Wildman–Crippen MR) is 73.2 cm³/mol. The Labute approximate surface area is 113 Å². The van der Waals surface area contributed by atoms with Crippen LogP contribution in [0.1, 0.15) is 15.9 Å². The van der Waals surface area contributed by atoms with E-state index in [0.717, 1.165) is 10.0 Å². The summed E-state index contributed by atoms with van der Waals surface area (Å²) >= 11 is 3.29. The van der Waals surface area contributed by atoms with Crippen LogP contribution in [0.5, 0.6) is 0 Å². The number of anilines is 1. The molecule has 1 amide bonds. The van der Waals surface area contributed by atoms with Crippen molar-refractivity contribution in [1.82, 2.24) is 0 Å². The van der Waals surface area contributed by atoms with Gasteiger partial charge in [0, 0.05) is 10.0 Å². The number of rotatable bonds is 2. The molecule has 92 valence electrons. The summed E-state index contributed by atoms with van der Waals surface area (Å²) in [5.41, 5.74) is 1.47. The molecule has 0 radical (unpaired) electrons. The first-order valence-electron chi connectivity index (χ1n) is 5.39. The Bertz CT molecular complexity index is 598. The van der Waals surface area contributed by atoms with Crippen LogP contribution in [0.25, 0.3) is 0 Å².